The number of rotatable bonds is 2. The number of benzene rings is 1. The second kappa shape index (κ2) is 3.36. The standard InChI is InChI=1S/C9H5ClN2O3/c10-9(13)8-4-5-3-6(12(14)15)1-2-7(5)11-8/h1-4,11H. The van der Waals surface area contributed by atoms with Crippen molar-refractivity contribution in [2.45, 2.75) is 0 Å². The molecule has 0 atom stereocenters. The van der Waals surface area contributed by atoms with E-state index in [2.05, 4.69) is 4.98 Å². The third-order valence-corrected chi connectivity index (χ3v) is 2.23. The summed E-state index contributed by atoms with van der Waals surface area (Å²) < 4.78 is 0. The van der Waals surface area contributed by atoms with Gasteiger partial charge in [0.1, 0.15) is 0 Å². The largest absolute Gasteiger partial charge is 0.351 e. The fraction of sp³-hybridized carbons (Fsp3) is 0. The van der Waals surface area contributed by atoms with E-state index in [4.69, 9.17) is 11.6 Å². The molecule has 0 unspecified atom stereocenters. The van der Waals surface area contributed by atoms with E-state index in [9.17, 15) is 14.9 Å². The van der Waals surface area contributed by atoms with Crippen LogP contribution in [0.4, 0.5) is 5.69 Å². The highest BCUT2D eigenvalue weighted by Crippen LogP contribution is 2.21. The first kappa shape index (κ1) is 9.67. The number of non-ortho nitro benzene ring substituents is 1. The van der Waals surface area contributed by atoms with Crippen molar-refractivity contribution < 1.29 is 9.72 Å². The summed E-state index contributed by atoms with van der Waals surface area (Å²) in [4.78, 5) is 23.6. The van der Waals surface area contributed by atoms with Crippen molar-refractivity contribution in [2.75, 3.05) is 0 Å². The maximum atomic E-state index is 10.8. The summed E-state index contributed by atoms with van der Waals surface area (Å²) in [5, 5.41) is 10.5. The minimum absolute atomic E-state index is 0.0185. The van der Waals surface area contributed by atoms with E-state index in [1.54, 1.807) is 0 Å². The first-order valence-electron chi connectivity index (χ1n) is 4.05. The van der Waals surface area contributed by atoms with E-state index < -0.39 is 10.2 Å². The van der Waals surface area contributed by atoms with Gasteiger partial charge in [-0.1, -0.05) is 0 Å². The Kier molecular flexibility index (Phi) is 2.17. The predicted octanol–water partition coefficient (Wildman–Crippen LogP) is 2.46. The number of hydrogen-bond donors (Lipinski definition) is 1. The van der Waals surface area contributed by atoms with E-state index in [1.165, 1.54) is 24.3 Å². The van der Waals surface area contributed by atoms with Crippen molar-refractivity contribution in [2.24, 2.45) is 0 Å². The lowest BCUT2D eigenvalue weighted by Crippen LogP contribution is -1.86. The van der Waals surface area contributed by atoms with Crippen LogP contribution in [0.15, 0.2) is 24.3 Å². The van der Waals surface area contributed by atoms with Crippen LogP contribution in [0.1, 0.15) is 10.5 Å². The van der Waals surface area contributed by atoms with Crippen LogP contribution in [0.25, 0.3) is 10.9 Å². The molecule has 0 saturated heterocycles. The Balaban J connectivity index is 2.62. The Morgan fingerprint density at radius 1 is 1.40 bits per heavy atom. The molecule has 76 valence electrons. The van der Waals surface area contributed by atoms with Crippen molar-refractivity contribution in [3.63, 3.8) is 0 Å². The number of carbonyl (C=O) groups is 1. The van der Waals surface area contributed by atoms with E-state index >= 15 is 0 Å². The van der Waals surface area contributed by atoms with Gasteiger partial charge in [0.2, 0.25) is 0 Å². The summed E-state index contributed by atoms with van der Waals surface area (Å²) >= 11 is 5.27. The first-order chi connectivity index (χ1) is 7.08. The lowest BCUT2D eigenvalue weighted by molar-refractivity contribution is -0.384. The number of nitro benzene ring substituents is 1. The average Bonchev–Trinajstić information content (AvgIpc) is 2.59. The Morgan fingerprint density at radius 2 is 2.13 bits per heavy atom. The van der Waals surface area contributed by atoms with Gasteiger partial charge in [-0.05, 0) is 23.7 Å². The normalized spacial score (nSPS) is 10.5. The second-order valence-electron chi connectivity index (χ2n) is 2.99. The topological polar surface area (TPSA) is 76.0 Å². The molecule has 0 radical (unpaired) electrons. The number of H-pyrrole nitrogens is 1. The maximum Gasteiger partial charge on any atom is 0.270 e. The number of fused-ring (bicyclic) bond motifs is 1. The molecule has 1 N–H and O–H groups in total. The van der Waals surface area contributed by atoms with Crippen molar-refractivity contribution in [3.05, 3.63) is 40.1 Å². The van der Waals surface area contributed by atoms with Crippen molar-refractivity contribution in [1.29, 1.82) is 0 Å². The van der Waals surface area contributed by atoms with Gasteiger partial charge in [0.15, 0.2) is 0 Å². The quantitative estimate of drug-likeness (QED) is 0.484. The maximum absolute atomic E-state index is 10.8. The zero-order chi connectivity index (χ0) is 11.0. The predicted molar refractivity (Wildman–Crippen MR) is 55.1 cm³/mol. The number of hydrogen-bond acceptors (Lipinski definition) is 3. The van der Waals surface area contributed by atoms with Crippen molar-refractivity contribution >= 4 is 33.4 Å². The number of nitrogens with zero attached hydrogens (tertiary/aromatic N) is 1. The smallest absolute Gasteiger partial charge is 0.270 e. The summed E-state index contributed by atoms with van der Waals surface area (Å²) in [6.45, 7) is 0. The van der Waals surface area contributed by atoms with Crippen LogP contribution < -0.4 is 0 Å². The molecule has 0 aliphatic rings. The summed E-state index contributed by atoms with van der Waals surface area (Å²) in [6.07, 6.45) is 0. The van der Waals surface area contributed by atoms with E-state index in [1.807, 2.05) is 0 Å². The van der Waals surface area contributed by atoms with Gasteiger partial charge in [0.05, 0.1) is 10.6 Å². The number of carbonyl (C=O) groups excluding carboxylic acids is 1. The Morgan fingerprint density at radius 3 is 2.73 bits per heavy atom. The number of aromatic amines is 1. The molecule has 6 heteroatoms. The van der Waals surface area contributed by atoms with Gasteiger partial charge in [-0.2, -0.15) is 0 Å². The van der Waals surface area contributed by atoms with Crippen LogP contribution in [0.3, 0.4) is 0 Å². The van der Waals surface area contributed by atoms with Gasteiger partial charge < -0.3 is 4.98 Å². The summed E-state index contributed by atoms with van der Waals surface area (Å²) in [5.41, 5.74) is 0.854. The molecule has 15 heavy (non-hydrogen) atoms. The molecular weight excluding hydrogens is 220 g/mol. The number of halogens is 1. The van der Waals surface area contributed by atoms with Crippen LogP contribution in [-0.4, -0.2) is 15.1 Å². The van der Waals surface area contributed by atoms with Gasteiger partial charge in [-0.25, -0.2) is 0 Å². The lowest BCUT2D eigenvalue weighted by Gasteiger charge is -1.90. The highest BCUT2D eigenvalue weighted by atomic mass is 35.5. The number of nitro groups is 1. The highest BCUT2D eigenvalue weighted by molar-refractivity contribution is 6.67. The fourth-order valence-corrected chi connectivity index (χ4v) is 1.44. The molecule has 1 aromatic heterocycles. The van der Waals surface area contributed by atoms with Crippen molar-refractivity contribution in [1.82, 2.24) is 4.98 Å². The molecule has 1 aromatic carbocycles. The van der Waals surface area contributed by atoms with Crippen molar-refractivity contribution in [3.8, 4) is 0 Å². The number of aromatic nitrogens is 1. The van der Waals surface area contributed by atoms with Gasteiger partial charge in [0, 0.05) is 23.0 Å². The molecule has 0 aliphatic carbocycles. The molecule has 0 bridgehead atoms. The van der Waals surface area contributed by atoms with E-state index in [0.29, 0.717) is 10.9 Å². The Labute approximate surface area is 88.8 Å². The first-order valence-corrected chi connectivity index (χ1v) is 4.43. The Bertz CT molecular complexity index is 549. The minimum Gasteiger partial charge on any atom is -0.351 e. The summed E-state index contributed by atoms with van der Waals surface area (Å²) in [7, 11) is 0. The van der Waals surface area contributed by atoms with Gasteiger partial charge in [-0.15, -0.1) is 0 Å². The summed E-state index contributed by atoms with van der Waals surface area (Å²) in [5.74, 6) is 0. The average molecular weight is 225 g/mol. The molecule has 2 aromatic rings. The monoisotopic (exact) mass is 224 g/mol. The van der Waals surface area contributed by atoms with Gasteiger partial charge in [-0.3, -0.25) is 14.9 Å². The minimum atomic E-state index is -0.617. The van der Waals surface area contributed by atoms with Crippen LogP contribution >= 0.6 is 11.6 Å². The van der Waals surface area contributed by atoms with E-state index in [0.717, 1.165) is 0 Å². The molecule has 0 spiro atoms. The molecule has 0 fully saturated rings. The lowest BCUT2D eigenvalue weighted by atomic mass is 10.2. The van der Waals surface area contributed by atoms with Crippen LogP contribution in [0, 0.1) is 10.1 Å². The SMILES string of the molecule is O=C(Cl)c1cc2cc([N+](=O)[O-])ccc2[nH]1. The molecule has 1 heterocycles. The summed E-state index contributed by atoms with van der Waals surface area (Å²) in [6, 6.07) is 5.77. The Hall–Kier alpha value is -1.88. The zero-order valence-corrected chi connectivity index (χ0v) is 8.12. The highest BCUT2D eigenvalue weighted by Gasteiger charge is 2.10. The molecule has 0 saturated carbocycles. The van der Waals surface area contributed by atoms with Gasteiger partial charge in [0.25, 0.3) is 10.9 Å². The van der Waals surface area contributed by atoms with E-state index in [-0.39, 0.29) is 11.4 Å². The van der Waals surface area contributed by atoms with Crippen LogP contribution in [-0.2, 0) is 0 Å². The van der Waals surface area contributed by atoms with Crippen LogP contribution in [0.2, 0.25) is 0 Å². The molecule has 5 nitrogen and oxygen atoms in total. The third kappa shape index (κ3) is 1.69. The second-order valence-corrected chi connectivity index (χ2v) is 3.33. The fourth-order valence-electron chi connectivity index (χ4n) is 1.34. The molecule has 2 rings (SSSR count). The molecule has 0 aliphatic heterocycles. The van der Waals surface area contributed by atoms with Gasteiger partial charge >= 0.3 is 0 Å². The molecular formula is C9H5ClN2O3. The molecule has 0 amide bonds. The zero-order valence-electron chi connectivity index (χ0n) is 7.36. The van der Waals surface area contributed by atoms with Crippen LogP contribution in [0.5, 0.6) is 0 Å². The number of nitrogens with one attached hydrogen (secondary N) is 1. The third-order valence-electron chi connectivity index (χ3n) is 2.03.